The molecule has 8 nitrogen and oxygen atoms in total. The van der Waals surface area contributed by atoms with Crippen molar-refractivity contribution in [1.29, 1.82) is 0 Å². The number of primary amides is 1. The van der Waals surface area contributed by atoms with E-state index < -0.39 is 28.9 Å². The summed E-state index contributed by atoms with van der Waals surface area (Å²) in [5.74, 6) is -0.705. The van der Waals surface area contributed by atoms with Gasteiger partial charge in [0, 0.05) is 24.4 Å². The second-order valence-corrected chi connectivity index (χ2v) is 6.58. The molecule has 1 amide bonds. The summed E-state index contributed by atoms with van der Waals surface area (Å²) in [4.78, 5) is 24.9. The van der Waals surface area contributed by atoms with Crippen molar-refractivity contribution >= 4 is 5.91 Å². The number of carbonyl (C=O) groups excluding carboxylic acids is 1. The highest BCUT2D eigenvalue weighted by Crippen LogP contribution is 2.35. The summed E-state index contributed by atoms with van der Waals surface area (Å²) in [6.45, 7) is 1.33. The zero-order valence-electron chi connectivity index (χ0n) is 16.4. The van der Waals surface area contributed by atoms with Gasteiger partial charge in [-0.2, -0.15) is 18.3 Å². The number of H-pyrrole nitrogens is 1. The van der Waals surface area contributed by atoms with Gasteiger partial charge in [0.1, 0.15) is 23.6 Å². The Bertz CT molecular complexity index is 1120. The number of carbonyl (C=O) groups is 1. The van der Waals surface area contributed by atoms with Crippen LogP contribution in [0.4, 0.5) is 13.2 Å². The zero-order chi connectivity index (χ0) is 22.6. The average molecular weight is 436 g/mol. The molecule has 0 radical (unpaired) electrons. The lowest BCUT2D eigenvalue weighted by atomic mass is 10.0. The maximum absolute atomic E-state index is 13.4. The Hall–Kier alpha value is -3.60. The van der Waals surface area contributed by atoms with E-state index in [1.807, 2.05) is 0 Å². The first-order valence-corrected chi connectivity index (χ1v) is 9.07. The van der Waals surface area contributed by atoms with Crippen molar-refractivity contribution in [2.24, 2.45) is 5.73 Å². The van der Waals surface area contributed by atoms with Crippen LogP contribution in [0.5, 0.6) is 5.75 Å². The lowest BCUT2D eigenvalue weighted by Gasteiger charge is -2.14. The minimum atomic E-state index is -4.83. The second-order valence-electron chi connectivity index (χ2n) is 6.58. The number of aromatic amines is 1. The Kier molecular flexibility index (Phi) is 6.44. The lowest BCUT2D eigenvalue weighted by Crippen LogP contribution is -2.27. The largest absolute Gasteiger partial charge is 0.489 e. The molecule has 3 rings (SSSR count). The highest BCUT2D eigenvalue weighted by Gasteiger charge is 2.36. The summed E-state index contributed by atoms with van der Waals surface area (Å²) in [6.07, 6.45) is -1.39. The molecule has 0 saturated heterocycles. The highest BCUT2D eigenvalue weighted by atomic mass is 19.4. The number of pyridine rings is 1. The van der Waals surface area contributed by atoms with Gasteiger partial charge in [-0.15, -0.1) is 0 Å². The fourth-order valence-corrected chi connectivity index (χ4v) is 2.85. The second kappa shape index (κ2) is 9.04. The van der Waals surface area contributed by atoms with Gasteiger partial charge >= 0.3 is 6.18 Å². The molecule has 164 valence electrons. The monoisotopic (exact) mass is 436 g/mol. The quantitative estimate of drug-likeness (QED) is 0.564. The Morgan fingerprint density at radius 2 is 1.97 bits per heavy atom. The van der Waals surface area contributed by atoms with E-state index in [1.165, 1.54) is 24.3 Å². The molecule has 0 aliphatic carbocycles. The molecule has 2 aromatic heterocycles. The number of benzene rings is 1. The normalized spacial score (nSPS) is 11.5. The average Bonchev–Trinajstić information content (AvgIpc) is 3.18. The van der Waals surface area contributed by atoms with Crippen molar-refractivity contribution in [3.05, 3.63) is 69.9 Å². The lowest BCUT2D eigenvalue weighted by molar-refractivity contribution is -0.140. The summed E-state index contributed by atoms with van der Waals surface area (Å²) in [5.41, 5.74) is 2.64. The van der Waals surface area contributed by atoms with E-state index in [0.29, 0.717) is 18.9 Å². The van der Waals surface area contributed by atoms with Gasteiger partial charge in [0.2, 0.25) is 0 Å². The number of hydrogen-bond acceptors (Lipinski definition) is 5. The predicted octanol–water partition coefficient (Wildman–Crippen LogP) is 2.58. The van der Waals surface area contributed by atoms with Crippen LogP contribution in [0, 0.1) is 0 Å². The molecular weight excluding hydrogens is 417 g/mol. The minimum absolute atomic E-state index is 0.130. The van der Waals surface area contributed by atoms with Gasteiger partial charge in [-0.25, -0.2) is 0 Å². The molecule has 31 heavy (non-hydrogen) atoms. The van der Waals surface area contributed by atoms with E-state index in [1.54, 1.807) is 29.2 Å². The third kappa shape index (κ3) is 5.31. The number of aromatic nitrogens is 3. The van der Waals surface area contributed by atoms with Crippen LogP contribution in [0.2, 0.25) is 0 Å². The maximum Gasteiger partial charge on any atom is 0.431 e. The fourth-order valence-electron chi connectivity index (χ4n) is 2.85. The summed E-state index contributed by atoms with van der Waals surface area (Å²) >= 11 is 0. The number of methoxy groups -OCH3 is 1. The summed E-state index contributed by atoms with van der Waals surface area (Å²) in [7, 11) is 1.59. The van der Waals surface area contributed by atoms with E-state index >= 15 is 0 Å². The first-order valence-electron chi connectivity index (χ1n) is 9.07. The van der Waals surface area contributed by atoms with Gasteiger partial charge in [0.05, 0.1) is 19.3 Å². The van der Waals surface area contributed by atoms with Crippen molar-refractivity contribution in [2.45, 2.75) is 19.3 Å². The van der Waals surface area contributed by atoms with E-state index in [0.717, 1.165) is 11.6 Å². The van der Waals surface area contributed by atoms with Crippen LogP contribution in [0.3, 0.4) is 0 Å². The van der Waals surface area contributed by atoms with Crippen LogP contribution in [-0.4, -0.2) is 34.4 Å². The van der Waals surface area contributed by atoms with Gasteiger partial charge < -0.3 is 20.2 Å². The molecule has 0 fully saturated rings. The smallest absolute Gasteiger partial charge is 0.431 e. The molecule has 0 atom stereocenters. The van der Waals surface area contributed by atoms with E-state index in [4.69, 9.17) is 15.2 Å². The van der Waals surface area contributed by atoms with Crippen molar-refractivity contribution in [3.63, 3.8) is 0 Å². The third-order valence-corrected chi connectivity index (χ3v) is 4.37. The number of amides is 1. The number of halogens is 3. The van der Waals surface area contributed by atoms with Crippen LogP contribution in [-0.2, 0) is 24.1 Å². The number of alkyl halides is 3. The number of rotatable bonds is 8. The molecule has 11 heteroatoms. The van der Waals surface area contributed by atoms with E-state index in [2.05, 4.69) is 5.10 Å². The molecule has 0 spiro atoms. The zero-order valence-corrected chi connectivity index (χ0v) is 16.4. The fraction of sp³-hybridized carbons (Fsp3) is 0.250. The predicted molar refractivity (Wildman–Crippen MR) is 104 cm³/mol. The molecule has 0 bridgehead atoms. The van der Waals surface area contributed by atoms with Crippen LogP contribution < -0.4 is 16.0 Å². The van der Waals surface area contributed by atoms with Gasteiger partial charge in [-0.05, 0) is 23.8 Å². The molecule has 0 aliphatic heterocycles. The Balaban J connectivity index is 1.81. The molecule has 0 aliphatic rings. The van der Waals surface area contributed by atoms with Gasteiger partial charge in [0.15, 0.2) is 0 Å². The number of nitrogens with zero attached hydrogens (tertiary/aromatic N) is 2. The van der Waals surface area contributed by atoms with Crippen molar-refractivity contribution in [1.82, 2.24) is 14.8 Å². The maximum atomic E-state index is 13.4. The van der Waals surface area contributed by atoms with E-state index in [-0.39, 0.29) is 17.7 Å². The first kappa shape index (κ1) is 22.1. The Morgan fingerprint density at radius 3 is 2.58 bits per heavy atom. The van der Waals surface area contributed by atoms with Crippen molar-refractivity contribution in [2.75, 3.05) is 13.7 Å². The molecule has 0 unspecified atom stereocenters. The summed E-state index contributed by atoms with van der Waals surface area (Å²) in [6, 6.07) is 6.60. The molecule has 3 N–H and O–H groups in total. The Labute approximate surface area is 174 Å². The number of nitrogens with one attached hydrogen (secondary N) is 1. The molecule has 1 aromatic carbocycles. The van der Waals surface area contributed by atoms with Gasteiger partial charge in [0.25, 0.3) is 11.5 Å². The molecule has 3 aromatic rings. The van der Waals surface area contributed by atoms with Crippen LogP contribution >= 0.6 is 0 Å². The van der Waals surface area contributed by atoms with Gasteiger partial charge in [-0.1, -0.05) is 12.1 Å². The number of nitrogens with two attached hydrogens (primary N) is 1. The SMILES string of the molecule is COCCn1cc(COc2ccc(-c3cc(C(N)=O)c(=O)[nH]c3C(F)(F)F)cc2)cn1. The van der Waals surface area contributed by atoms with Crippen LogP contribution in [0.1, 0.15) is 21.6 Å². The Morgan fingerprint density at radius 1 is 1.26 bits per heavy atom. The van der Waals surface area contributed by atoms with Crippen molar-refractivity contribution in [3.8, 4) is 16.9 Å². The summed E-state index contributed by atoms with van der Waals surface area (Å²) < 4.78 is 52.5. The van der Waals surface area contributed by atoms with Crippen LogP contribution in [0.25, 0.3) is 11.1 Å². The van der Waals surface area contributed by atoms with Gasteiger partial charge in [-0.3, -0.25) is 14.3 Å². The molecular formula is C20H19F3N4O4. The highest BCUT2D eigenvalue weighted by molar-refractivity contribution is 5.94. The molecule has 2 heterocycles. The third-order valence-electron chi connectivity index (χ3n) is 4.37. The number of hydrogen-bond donors (Lipinski definition) is 2. The topological polar surface area (TPSA) is 112 Å². The first-order chi connectivity index (χ1) is 14.7. The van der Waals surface area contributed by atoms with Crippen LogP contribution in [0.15, 0.2) is 47.5 Å². The summed E-state index contributed by atoms with van der Waals surface area (Å²) in [5, 5.41) is 4.17. The van der Waals surface area contributed by atoms with E-state index in [9.17, 15) is 22.8 Å². The molecule has 0 saturated carbocycles. The minimum Gasteiger partial charge on any atom is -0.489 e. The van der Waals surface area contributed by atoms with Crippen molar-refractivity contribution < 1.29 is 27.4 Å². The standard InChI is InChI=1S/C20H19F3N4O4/c1-30-7-6-27-10-12(9-25-27)11-31-14-4-2-13(3-5-14)15-8-16(18(24)28)19(29)26-17(15)20(21,22)23/h2-5,8-10H,6-7,11H2,1H3,(H2,24,28)(H,26,29). The number of ether oxygens (including phenoxy) is 2.